The van der Waals surface area contributed by atoms with E-state index in [1.807, 2.05) is 39.2 Å². The van der Waals surface area contributed by atoms with E-state index < -0.39 is 0 Å². The molecule has 0 spiro atoms. The van der Waals surface area contributed by atoms with Crippen molar-refractivity contribution >= 4 is 5.69 Å². The van der Waals surface area contributed by atoms with Crippen LogP contribution in [-0.2, 0) is 7.05 Å². The zero-order valence-corrected chi connectivity index (χ0v) is 9.86. The highest BCUT2D eigenvalue weighted by Gasteiger charge is 2.07. The van der Waals surface area contributed by atoms with E-state index in [2.05, 4.69) is 10.4 Å². The smallest absolute Gasteiger partial charge is 0.0838 e. The van der Waals surface area contributed by atoms with Crippen molar-refractivity contribution in [2.24, 2.45) is 7.05 Å². The summed E-state index contributed by atoms with van der Waals surface area (Å²) in [6, 6.07) is 0. The monoisotopic (exact) mass is 212 g/mol. The summed E-state index contributed by atoms with van der Waals surface area (Å²) in [6.45, 7) is 3.15. The summed E-state index contributed by atoms with van der Waals surface area (Å²) in [5, 5.41) is 17.0. The van der Waals surface area contributed by atoms with Gasteiger partial charge in [-0.25, -0.2) is 0 Å². The summed E-state index contributed by atoms with van der Waals surface area (Å²) < 4.78 is 1.76. The van der Waals surface area contributed by atoms with Crippen molar-refractivity contribution in [1.82, 2.24) is 14.7 Å². The molecular weight excluding hydrogens is 192 g/mol. The van der Waals surface area contributed by atoms with Gasteiger partial charge in [0.2, 0.25) is 0 Å². The van der Waals surface area contributed by atoms with Crippen LogP contribution in [0.1, 0.15) is 5.69 Å². The van der Waals surface area contributed by atoms with Crippen molar-refractivity contribution in [1.29, 1.82) is 0 Å². The van der Waals surface area contributed by atoms with Crippen LogP contribution >= 0.6 is 0 Å². The number of aliphatic hydroxyl groups is 1. The number of nitrogens with one attached hydrogen (secondary N) is 1. The minimum Gasteiger partial charge on any atom is -0.390 e. The Morgan fingerprint density at radius 3 is 2.73 bits per heavy atom. The van der Waals surface area contributed by atoms with Gasteiger partial charge in [-0.15, -0.1) is 0 Å². The molecule has 86 valence electrons. The summed E-state index contributed by atoms with van der Waals surface area (Å²) in [5.74, 6) is 0. The first-order chi connectivity index (χ1) is 6.99. The highest BCUT2D eigenvalue weighted by molar-refractivity contribution is 5.45. The Morgan fingerprint density at radius 1 is 1.60 bits per heavy atom. The Bertz CT molecular complexity index is 308. The molecule has 1 aromatic rings. The quantitative estimate of drug-likeness (QED) is 0.725. The van der Waals surface area contributed by atoms with Crippen LogP contribution in [0.15, 0.2) is 6.20 Å². The Hall–Kier alpha value is -1.07. The van der Waals surface area contributed by atoms with Crippen LogP contribution in [0.3, 0.4) is 0 Å². The zero-order valence-electron chi connectivity index (χ0n) is 9.86. The van der Waals surface area contributed by atoms with Gasteiger partial charge in [0.1, 0.15) is 0 Å². The lowest BCUT2D eigenvalue weighted by Crippen LogP contribution is -2.31. The Morgan fingerprint density at radius 2 is 2.27 bits per heavy atom. The predicted octanol–water partition coefficient (Wildman–Crippen LogP) is 0.0629. The minimum atomic E-state index is -0.361. The first-order valence-electron chi connectivity index (χ1n) is 5.06. The molecule has 0 bridgehead atoms. The van der Waals surface area contributed by atoms with Gasteiger partial charge in [0.05, 0.1) is 17.5 Å². The highest BCUT2D eigenvalue weighted by Crippen LogP contribution is 2.10. The predicted molar refractivity (Wildman–Crippen MR) is 61.0 cm³/mol. The van der Waals surface area contributed by atoms with E-state index in [9.17, 15) is 5.11 Å². The number of aliphatic hydroxyl groups excluding tert-OH is 1. The van der Waals surface area contributed by atoms with Crippen molar-refractivity contribution in [3.63, 3.8) is 0 Å². The van der Waals surface area contributed by atoms with Gasteiger partial charge in [-0.2, -0.15) is 5.10 Å². The fraction of sp³-hybridized carbons (Fsp3) is 0.700. The summed E-state index contributed by atoms with van der Waals surface area (Å²) in [6.07, 6.45) is 1.55. The van der Waals surface area contributed by atoms with E-state index in [1.165, 1.54) is 0 Å². The van der Waals surface area contributed by atoms with Gasteiger partial charge < -0.3 is 15.3 Å². The molecular formula is C10H20N4O. The van der Waals surface area contributed by atoms with Gasteiger partial charge in [-0.1, -0.05) is 0 Å². The number of aromatic nitrogens is 2. The number of anilines is 1. The molecule has 1 atom stereocenters. The number of hydrogen-bond acceptors (Lipinski definition) is 4. The lowest BCUT2D eigenvalue weighted by atomic mass is 10.3. The second kappa shape index (κ2) is 5.14. The second-order valence-corrected chi connectivity index (χ2v) is 4.10. The number of likely N-dealkylation sites (N-methyl/N-ethyl adjacent to an activating group) is 1. The SMILES string of the molecule is Cc1nn(C)cc1NCC(O)CN(C)C. The molecule has 5 nitrogen and oxygen atoms in total. The molecule has 2 N–H and O–H groups in total. The van der Waals surface area contributed by atoms with E-state index in [0.717, 1.165) is 11.4 Å². The van der Waals surface area contributed by atoms with Crippen LogP contribution in [-0.4, -0.2) is 53.1 Å². The largest absolute Gasteiger partial charge is 0.390 e. The van der Waals surface area contributed by atoms with E-state index in [-0.39, 0.29) is 6.10 Å². The van der Waals surface area contributed by atoms with Crippen LogP contribution in [0.4, 0.5) is 5.69 Å². The summed E-state index contributed by atoms with van der Waals surface area (Å²) >= 11 is 0. The lowest BCUT2D eigenvalue weighted by Gasteiger charge is -2.16. The van der Waals surface area contributed by atoms with Crippen LogP contribution in [0.25, 0.3) is 0 Å². The van der Waals surface area contributed by atoms with Crippen LogP contribution in [0.2, 0.25) is 0 Å². The molecule has 0 aliphatic heterocycles. The Kier molecular flexibility index (Phi) is 4.11. The summed E-state index contributed by atoms with van der Waals surface area (Å²) in [5.41, 5.74) is 1.94. The maximum absolute atomic E-state index is 9.65. The topological polar surface area (TPSA) is 53.3 Å². The van der Waals surface area contributed by atoms with Crippen LogP contribution < -0.4 is 5.32 Å². The Balaban J connectivity index is 2.40. The first kappa shape index (κ1) is 12.0. The van der Waals surface area contributed by atoms with Gasteiger partial charge in [0.25, 0.3) is 0 Å². The van der Waals surface area contributed by atoms with E-state index in [1.54, 1.807) is 4.68 Å². The second-order valence-electron chi connectivity index (χ2n) is 4.10. The van der Waals surface area contributed by atoms with Crippen molar-refractivity contribution in [3.05, 3.63) is 11.9 Å². The van der Waals surface area contributed by atoms with Crippen LogP contribution in [0.5, 0.6) is 0 Å². The highest BCUT2D eigenvalue weighted by atomic mass is 16.3. The van der Waals surface area contributed by atoms with E-state index >= 15 is 0 Å². The van der Waals surface area contributed by atoms with Crippen molar-refractivity contribution in [2.75, 3.05) is 32.5 Å². The summed E-state index contributed by atoms with van der Waals surface area (Å²) in [4.78, 5) is 1.96. The van der Waals surface area contributed by atoms with Gasteiger partial charge in [-0.05, 0) is 21.0 Å². The van der Waals surface area contributed by atoms with Crippen molar-refractivity contribution < 1.29 is 5.11 Å². The third-order valence-corrected chi connectivity index (χ3v) is 2.12. The van der Waals surface area contributed by atoms with Gasteiger partial charge in [0, 0.05) is 26.3 Å². The maximum Gasteiger partial charge on any atom is 0.0838 e. The third-order valence-electron chi connectivity index (χ3n) is 2.12. The molecule has 1 heterocycles. The third kappa shape index (κ3) is 3.89. The van der Waals surface area contributed by atoms with Crippen molar-refractivity contribution in [3.8, 4) is 0 Å². The number of aryl methyl sites for hydroxylation is 2. The van der Waals surface area contributed by atoms with E-state index in [4.69, 9.17) is 0 Å². The molecule has 1 unspecified atom stereocenters. The Labute approximate surface area is 90.7 Å². The molecule has 0 radical (unpaired) electrons. The van der Waals surface area contributed by atoms with Gasteiger partial charge in [-0.3, -0.25) is 4.68 Å². The molecule has 0 aliphatic rings. The molecule has 0 saturated carbocycles. The first-order valence-corrected chi connectivity index (χ1v) is 5.06. The minimum absolute atomic E-state index is 0.361. The molecule has 5 heteroatoms. The average Bonchev–Trinajstić information content (AvgIpc) is 2.40. The maximum atomic E-state index is 9.65. The average molecular weight is 212 g/mol. The lowest BCUT2D eigenvalue weighted by molar-refractivity contribution is 0.148. The van der Waals surface area contributed by atoms with Crippen LogP contribution in [0, 0.1) is 6.92 Å². The molecule has 1 aromatic heterocycles. The molecule has 15 heavy (non-hydrogen) atoms. The molecule has 0 fully saturated rings. The van der Waals surface area contributed by atoms with Crippen molar-refractivity contribution in [2.45, 2.75) is 13.0 Å². The number of nitrogens with zero attached hydrogens (tertiary/aromatic N) is 3. The molecule has 0 aliphatic carbocycles. The number of rotatable bonds is 5. The van der Waals surface area contributed by atoms with Gasteiger partial charge in [0.15, 0.2) is 0 Å². The zero-order chi connectivity index (χ0) is 11.4. The molecule has 0 aromatic carbocycles. The normalized spacial score (nSPS) is 13.2. The number of hydrogen-bond donors (Lipinski definition) is 2. The van der Waals surface area contributed by atoms with E-state index in [0.29, 0.717) is 13.1 Å². The molecule has 0 amide bonds. The standard InChI is InChI=1S/C10H20N4O/c1-8-10(7-14(4)12-8)11-5-9(15)6-13(2)3/h7,9,11,15H,5-6H2,1-4H3. The molecule has 1 rings (SSSR count). The summed E-state index contributed by atoms with van der Waals surface area (Å²) in [7, 11) is 5.77. The fourth-order valence-electron chi connectivity index (χ4n) is 1.49. The molecule has 0 saturated heterocycles. The fourth-order valence-corrected chi connectivity index (χ4v) is 1.49. The van der Waals surface area contributed by atoms with Gasteiger partial charge >= 0.3 is 0 Å².